The molecular weight excluding hydrogens is 184 g/mol. The highest BCUT2D eigenvalue weighted by molar-refractivity contribution is 5.67. The van der Waals surface area contributed by atoms with Gasteiger partial charge >= 0.3 is 6.16 Å². The van der Waals surface area contributed by atoms with Crippen LogP contribution in [0.15, 0.2) is 42.7 Å². The van der Waals surface area contributed by atoms with Crippen LogP contribution in [0.1, 0.15) is 0 Å². The summed E-state index contributed by atoms with van der Waals surface area (Å²) < 4.78 is 9.15. The van der Waals surface area contributed by atoms with Crippen molar-refractivity contribution in [1.82, 2.24) is 0 Å². The molecule has 4 heteroatoms. The van der Waals surface area contributed by atoms with Gasteiger partial charge in [0, 0.05) is 6.08 Å². The summed E-state index contributed by atoms with van der Waals surface area (Å²) in [4.78, 5) is 20.7. The number of allylic oxidation sites excluding steroid dienone is 1. The van der Waals surface area contributed by atoms with Crippen LogP contribution >= 0.6 is 0 Å². The fourth-order valence-electron chi connectivity index (χ4n) is 0.736. The van der Waals surface area contributed by atoms with E-state index >= 15 is 0 Å². The average molecular weight is 192 g/mol. The van der Waals surface area contributed by atoms with Crippen molar-refractivity contribution < 1.29 is 19.1 Å². The van der Waals surface area contributed by atoms with Crippen LogP contribution in [-0.4, -0.2) is 12.4 Å². The Kier molecular flexibility index (Phi) is 3.94. The molecule has 4 nitrogen and oxygen atoms in total. The van der Waals surface area contributed by atoms with E-state index in [2.05, 4.69) is 4.74 Å². The topological polar surface area (TPSA) is 52.6 Å². The van der Waals surface area contributed by atoms with Crippen LogP contribution in [0, 0.1) is 0 Å². The third-order valence-corrected chi connectivity index (χ3v) is 1.27. The number of rotatable bonds is 3. The molecule has 0 aliphatic heterocycles. The summed E-state index contributed by atoms with van der Waals surface area (Å²) in [6, 6.07) is 8.48. The molecule has 0 N–H and O–H groups in total. The number of ether oxygens (including phenoxy) is 2. The summed E-state index contributed by atoms with van der Waals surface area (Å²) in [5.41, 5.74) is 0. The molecule has 72 valence electrons. The molecule has 0 bridgehead atoms. The van der Waals surface area contributed by atoms with Gasteiger partial charge in [0.15, 0.2) is 0 Å². The SMILES string of the molecule is O=CC=COC(=O)Oc1ccccc1. The molecule has 0 unspecified atom stereocenters. The van der Waals surface area contributed by atoms with Gasteiger partial charge in [-0.1, -0.05) is 18.2 Å². The van der Waals surface area contributed by atoms with Gasteiger partial charge in [-0.05, 0) is 12.1 Å². The van der Waals surface area contributed by atoms with Crippen molar-refractivity contribution >= 4 is 12.4 Å². The van der Waals surface area contributed by atoms with Gasteiger partial charge < -0.3 is 9.47 Å². The zero-order chi connectivity index (χ0) is 10.2. The largest absolute Gasteiger partial charge is 0.518 e. The Morgan fingerprint density at radius 1 is 1.21 bits per heavy atom. The quantitative estimate of drug-likeness (QED) is 0.241. The Morgan fingerprint density at radius 3 is 2.57 bits per heavy atom. The predicted octanol–water partition coefficient (Wildman–Crippen LogP) is 1.91. The second-order valence-corrected chi connectivity index (χ2v) is 2.25. The molecule has 0 heterocycles. The number of hydrogen-bond donors (Lipinski definition) is 0. The van der Waals surface area contributed by atoms with E-state index in [1.54, 1.807) is 30.3 Å². The predicted molar refractivity (Wildman–Crippen MR) is 48.8 cm³/mol. The summed E-state index contributed by atoms with van der Waals surface area (Å²) in [5.74, 6) is 0.386. The molecule has 1 aromatic carbocycles. The molecular formula is C10H8O4. The highest BCUT2D eigenvalue weighted by Gasteiger charge is 2.02. The lowest BCUT2D eigenvalue weighted by molar-refractivity contribution is -0.104. The lowest BCUT2D eigenvalue weighted by atomic mass is 10.3. The second-order valence-electron chi connectivity index (χ2n) is 2.25. The average Bonchev–Trinajstić information content (AvgIpc) is 2.20. The third kappa shape index (κ3) is 3.53. The maximum Gasteiger partial charge on any atom is 0.518 e. The van der Waals surface area contributed by atoms with Gasteiger partial charge in [0.2, 0.25) is 0 Å². The van der Waals surface area contributed by atoms with Gasteiger partial charge in [-0.15, -0.1) is 0 Å². The fourth-order valence-corrected chi connectivity index (χ4v) is 0.736. The van der Waals surface area contributed by atoms with Gasteiger partial charge in [-0.3, -0.25) is 4.79 Å². The first-order chi connectivity index (χ1) is 6.83. The summed E-state index contributed by atoms with van der Waals surface area (Å²) >= 11 is 0. The zero-order valence-corrected chi connectivity index (χ0v) is 7.25. The number of hydrogen-bond acceptors (Lipinski definition) is 4. The number of benzene rings is 1. The van der Waals surface area contributed by atoms with Crippen molar-refractivity contribution in [2.24, 2.45) is 0 Å². The third-order valence-electron chi connectivity index (χ3n) is 1.27. The highest BCUT2D eigenvalue weighted by atomic mass is 16.7. The molecule has 0 aliphatic rings. The molecule has 0 aromatic heterocycles. The van der Waals surface area contributed by atoms with Crippen LogP contribution in [0.5, 0.6) is 5.75 Å². The highest BCUT2D eigenvalue weighted by Crippen LogP contribution is 2.08. The number of carbonyl (C=O) groups excluding carboxylic acids is 2. The van der Waals surface area contributed by atoms with Crippen molar-refractivity contribution in [2.75, 3.05) is 0 Å². The second kappa shape index (κ2) is 5.53. The van der Waals surface area contributed by atoms with Crippen molar-refractivity contribution in [3.8, 4) is 5.75 Å². The minimum absolute atomic E-state index is 0.386. The first-order valence-electron chi connectivity index (χ1n) is 3.87. The van der Waals surface area contributed by atoms with E-state index in [0.29, 0.717) is 12.0 Å². The Hall–Kier alpha value is -2.10. The van der Waals surface area contributed by atoms with E-state index in [4.69, 9.17) is 4.74 Å². The zero-order valence-electron chi connectivity index (χ0n) is 7.25. The molecule has 1 rings (SSSR count). The fraction of sp³-hybridized carbons (Fsp3) is 0. The Morgan fingerprint density at radius 2 is 1.93 bits per heavy atom. The molecule has 0 fully saturated rings. The smallest absolute Gasteiger partial charge is 0.403 e. The van der Waals surface area contributed by atoms with Crippen LogP contribution in [0.3, 0.4) is 0 Å². The number of aldehydes is 1. The molecule has 0 aliphatic carbocycles. The lowest BCUT2D eigenvalue weighted by Crippen LogP contribution is -2.06. The molecule has 1 aromatic rings. The standard InChI is InChI=1S/C10H8O4/c11-7-4-8-13-10(12)14-9-5-2-1-3-6-9/h1-8H. The van der Waals surface area contributed by atoms with Gasteiger partial charge in [0.1, 0.15) is 18.3 Å². The summed E-state index contributed by atoms with van der Waals surface area (Å²) in [6.45, 7) is 0. The first-order valence-corrected chi connectivity index (χ1v) is 3.87. The Bertz CT molecular complexity index is 329. The monoisotopic (exact) mass is 192 g/mol. The van der Waals surface area contributed by atoms with E-state index < -0.39 is 6.16 Å². The molecule has 0 amide bonds. The van der Waals surface area contributed by atoms with E-state index in [9.17, 15) is 9.59 Å². The Balaban J connectivity index is 2.42. The van der Waals surface area contributed by atoms with Crippen LogP contribution < -0.4 is 4.74 Å². The maximum absolute atomic E-state index is 10.9. The normalized spacial score (nSPS) is 9.71. The van der Waals surface area contributed by atoms with E-state index in [0.717, 1.165) is 12.3 Å². The molecule has 0 atom stereocenters. The minimum atomic E-state index is -0.880. The van der Waals surface area contributed by atoms with Crippen LogP contribution in [0.25, 0.3) is 0 Å². The van der Waals surface area contributed by atoms with Crippen molar-refractivity contribution in [2.45, 2.75) is 0 Å². The van der Waals surface area contributed by atoms with Gasteiger partial charge in [-0.2, -0.15) is 0 Å². The molecule has 0 saturated carbocycles. The Labute approximate surface area is 80.8 Å². The molecule has 0 saturated heterocycles. The van der Waals surface area contributed by atoms with Crippen molar-refractivity contribution in [3.63, 3.8) is 0 Å². The number of carbonyl (C=O) groups is 2. The van der Waals surface area contributed by atoms with Crippen LogP contribution in [0.2, 0.25) is 0 Å². The van der Waals surface area contributed by atoms with E-state index in [1.165, 1.54) is 0 Å². The minimum Gasteiger partial charge on any atom is -0.403 e. The van der Waals surface area contributed by atoms with Gasteiger partial charge in [-0.25, -0.2) is 4.79 Å². The molecule has 0 radical (unpaired) electrons. The van der Waals surface area contributed by atoms with Crippen LogP contribution in [-0.2, 0) is 9.53 Å². The first kappa shape index (κ1) is 9.98. The summed E-state index contributed by atoms with van der Waals surface area (Å²) in [5, 5.41) is 0. The molecule has 0 spiro atoms. The van der Waals surface area contributed by atoms with E-state index in [1.807, 2.05) is 0 Å². The molecule has 14 heavy (non-hydrogen) atoms. The van der Waals surface area contributed by atoms with E-state index in [-0.39, 0.29) is 0 Å². The summed E-state index contributed by atoms with van der Waals surface area (Å²) in [7, 11) is 0. The van der Waals surface area contributed by atoms with Crippen molar-refractivity contribution in [3.05, 3.63) is 42.7 Å². The van der Waals surface area contributed by atoms with Crippen molar-refractivity contribution in [1.29, 1.82) is 0 Å². The number of para-hydroxylation sites is 1. The lowest BCUT2D eigenvalue weighted by Gasteiger charge is -2.00. The summed E-state index contributed by atoms with van der Waals surface area (Å²) in [6.07, 6.45) is 1.62. The van der Waals surface area contributed by atoms with Gasteiger partial charge in [0.05, 0.1) is 0 Å². The maximum atomic E-state index is 10.9. The van der Waals surface area contributed by atoms with Crippen LogP contribution in [0.4, 0.5) is 4.79 Å². The van der Waals surface area contributed by atoms with Gasteiger partial charge in [0.25, 0.3) is 0 Å².